The van der Waals surface area contributed by atoms with E-state index in [1.165, 1.54) is 0 Å². The molecule has 2 saturated heterocycles. The number of rotatable bonds is 1. The van der Waals surface area contributed by atoms with E-state index >= 15 is 0 Å². The monoisotopic (exact) mass is 169 g/mol. The summed E-state index contributed by atoms with van der Waals surface area (Å²) in [6.07, 6.45) is 1.47. The van der Waals surface area contributed by atoms with Gasteiger partial charge in [0.25, 0.3) is 0 Å². The Morgan fingerprint density at radius 3 is 3.17 bits per heavy atom. The predicted molar refractivity (Wildman–Crippen MR) is 41.6 cm³/mol. The highest BCUT2D eigenvalue weighted by Gasteiger charge is 2.47. The standard InChI is InChI=1S/C8H11NO3/c1-2-5-3-7(10)6-4-12-8(11)9(5)6/h2,5-7,10H,1,3-4H2. The first-order valence-electron chi connectivity index (χ1n) is 3.99. The number of hydrogen-bond acceptors (Lipinski definition) is 3. The van der Waals surface area contributed by atoms with Gasteiger partial charge in [-0.05, 0) is 6.42 Å². The second-order valence-electron chi connectivity index (χ2n) is 3.16. The molecule has 0 saturated carbocycles. The highest BCUT2D eigenvalue weighted by molar-refractivity contribution is 5.71. The lowest BCUT2D eigenvalue weighted by molar-refractivity contribution is 0.132. The zero-order valence-electron chi connectivity index (χ0n) is 6.64. The van der Waals surface area contributed by atoms with E-state index in [0.29, 0.717) is 13.0 Å². The first-order chi connectivity index (χ1) is 5.74. The lowest BCUT2D eigenvalue weighted by Gasteiger charge is -2.17. The minimum atomic E-state index is -0.459. The van der Waals surface area contributed by atoms with Crippen molar-refractivity contribution in [1.82, 2.24) is 4.90 Å². The molecule has 0 aromatic carbocycles. The largest absolute Gasteiger partial charge is 0.447 e. The van der Waals surface area contributed by atoms with Gasteiger partial charge in [0.2, 0.25) is 0 Å². The molecular formula is C8H11NO3. The van der Waals surface area contributed by atoms with Crippen LogP contribution in [0.4, 0.5) is 4.79 Å². The number of carbonyl (C=O) groups excluding carboxylic acids is 1. The summed E-state index contributed by atoms with van der Waals surface area (Å²) in [5, 5.41) is 9.50. The maximum atomic E-state index is 11.1. The quantitative estimate of drug-likeness (QED) is 0.567. The summed E-state index contributed by atoms with van der Waals surface area (Å²) in [4.78, 5) is 12.7. The molecule has 0 spiro atoms. The molecule has 1 amide bonds. The normalized spacial score (nSPS) is 39.6. The fourth-order valence-electron chi connectivity index (χ4n) is 1.85. The van der Waals surface area contributed by atoms with Crippen molar-refractivity contribution in [3.05, 3.63) is 12.7 Å². The molecule has 1 N–H and O–H groups in total. The molecule has 0 aromatic heterocycles. The van der Waals surface area contributed by atoms with E-state index in [1.807, 2.05) is 0 Å². The fraction of sp³-hybridized carbons (Fsp3) is 0.625. The van der Waals surface area contributed by atoms with Crippen molar-refractivity contribution in [3.8, 4) is 0 Å². The maximum Gasteiger partial charge on any atom is 0.410 e. The van der Waals surface area contributed by atoms with Gasteiger partial charge in [-0.1, -0.05) is 6.08 Å². The maximum absolute atomic E-state index is 11.1. The van der Waals surface area contributed by atoms with E-state index in [4.69, 9.17) is 4.74 Å². The molecule has 0 aliphatic carbocycles. The van der Waals surface area contributed by atoms with Gasteiger partial charge in [-0.15, -0.1) is 6.58 Å². The lowest BCUT2D eigenvalue weighted by atomic mass is 10.1. The van der Waals surface area contributed by atoms with Crippen molar-refractivity contribution >= 4 is 6.09 Å². The summed E-state index contributed by atoms with van der Waals surface area (Å²) in [5.41, 5.74) is 0. The summed E-state index contributed by atoms with van der Waals surface area (Å²) in [7, 11) is 0. The Morgan fingerprint density at radius 2 is 2.50 bits per heavy atom. The van der Waals surface area contributed by atoms with Gasteiger partial charge in [-0.2, -0.15) is 0 Å². The number of ether oxygens (including phenoxy) is 1. The Hall–Kier alpha value is -1.03. The van der Waals surface area contributed by atoms with Gasteiger partial charge in [0.1, 0.15) is 6.61 Å². The first-order valence-corrected chi connectivity index (χ1v) is 3.99. The van der Waals surface area contributed by atoms with Crippen LogP contribution in [0.3, 0.4) is 0 Å². The molecule has 2 aliphatic rings. The third-order valence-corrected chi connectivity index (χ3v) is 2.50. The molecule has 0 aromatic rings. The molecule has 2 heterocycles. The van der Waals surface area contributed by atoms with Crippen LogP contribution in [0, 0.1) is 0 Å². The van der Waals surface area contributed by atoms with Gasteiger partial charge in [-0.3, -0.25) is 4.90 Å². The highest BCUT2D eigenvalue weighted by atomic mass is 16.6. The molecule has 12 heavy (non-hydrogen) atoms. The molecule has 2 rings (SSSR count). The minimum absolute atomic E-state index is 0.0556. The predicted octanol–water partition coefficient (Wildman–Crippen LogP) is 0.126. The molecular weight excluding hydrogens is 158 g/mol. The Labute approximate surface area is 70.4 Å². The van der Waals surface area contributed by atoms with Gasteiger partial charge in [-0.25, -0.2) is 4.79 Å². The van der Waals surface area contributed by atoms with E-state index in [9.17, 15) is 9.90 Å². The molecule has 3 unspecified atom stereocenters. The topological polar surface area (TPSA) is 49.8 Å². The van der Waals surface area contributed by atoms with Crippen LogP contribution in [-0.2, 0) is 4.74 Å². The van der Waals surface area contributed by atoms with Crippen LogP contribution in [0.15, 0.2) is 12.7 Å². The van der Waals surface area contributed by atoms with Crippen molar-refractivity contribution in [2.24, 2.45) is 0 Å². The Bertz CT molecular complexity index is 228. The van der Waals surface area contributed by atoms with Crippen molar-refractivity contribution < 1.29 is 14.6 Å². The summed E-state index contributed by atoms with van der Waals surface area (Å²) in [6, 6.07) is -0.208. The average Bonchev–Trinajstić information content (AvgIpc) is 2.56. The molecule has 4 heteroatoms. The molecule has 0 radical (unpaired) electrons. The second-order valence-corrected chi connectivity index (χ2v) is 3.16. The van der Waals surface area contributed by atoms with Crippen LogP contribution >= 0.6 is 0 Å². The number of fused-ring (bicyclic) bond motifs is 1. The third kappa shape index (κ3) is 0.845. The molecule has 2 aliphatic heterocycles. The van der Waals surface area contributed by atoms with Crippen molar-refractivity contribution in [1.29, 1.82) is 0 Å². The van der Waals surface area contributed by atoms with Crippen LogP contribution in [0.1, 0.15) is 6.42 Å². The van der Waals surface area contributed by atoms with Crippen molar-refractivity contribution in [2.45, 2.75) is 24.6 Å². The van der Waals surface area contributed by atoms with Crippen LogP contribution in [0.5, 0.6) is 0 Å². The summed E-state index contributed by atoms with van der Waals surface area (Å²) < 4.78 is 4.80. The number of nitrogens with zero attached hydrogens (tertiary/aromatic N) is 1. The van der Waals surface area contributed by atoms with Crippen molar-refractivity contribution in [2.75, 3.05) is 6.61 Å². The zero-order chi connectivity index (χ0) is 8.72. The Balaban J connectivity index is 2.23. The number of aliphatic hydroxyl groups is 1. The number of cyclic esters (lactones) is 1. The van der Waals surface area contributed by atoms with Crippen LogP contribution < -0.4 is 0 Å². The number of carbonyl (C=O) groups is 1. The van der Waals surface area contributed by atoms with Gasteiger partial charge in [0, 0.05) is 0 Å². The second kappa shape index (κ2) is 2.48. The minimum Gasteiger partial charge on any atom is -0.447 e. The van der Waals surface area contributed by atoms with E-state index in [0.717, 1.165) is 0 Å². The summed E-state index contributed by atoms with van der Waals surface area (Å²) >= 11 is 0. The van der Waals surface area contributed by atoms with E-state index in [-0.39, 0.29) is 18.2 Å². The zero-order valence-corrected chi connectivity index (χ0v) is 6.64. The van der Waals surface area contributed by atoms with Crippen molar-refractivity contribution in [3.63, 3.8) is 0 Å². The molecule has 0 bridgehead atoms. The van der Waals surface area contributed by atoms with Gasteiger partial charge < -0.3 is 9.84 Å². The van der Waals surface area contributed by atoms with E-state index in [2.05, 4.69) is 6.58 Å². The van der Waals surface area contributed by atoms with Crippen LogP contribution in [-0.4, -0.2) is 40.9 Å². The Morgan fingerprint density at radius 1 is 1.75 bits per heavy atom. The van der Waals surface area contributed by atoms with E-state index < -0.39 is 6.10 Å². The van der Waals surface area contributed by atoms with Crippen LogP contribution in [0.25, 0.3) is 0 Å². The SMILES string of the molecule is C=CC1CC(O)C2COC(=O)N12. The fourth-order valence-corrected chi connectivity index (χ4v) is 1.85. The first kappa shape index (κ1) is 7.61. The summed E-state index contributed by atoms with van der Waals surface area (Å²) in [5.74, 6) is 0. The van der Waals surface area contributed by atoms with Gasteiger partial charge in [0.15, 0.2) is 0 Å². The third-order valence-electron chi connectivity index (χ3n) is 2.50. The lowest BCUT2D eigenvalue weighted by Crippen LogP contribution is -2.36. The van der Waals surface area contributed by atoms with Crippen LogP contribution in [0.2, 0.25) is 0 Å². The van der Waals surface area contributed by atoms with Gasteiger partial charge in [0.05, 0.1) is 18.2 Å². The molecule has 4 nitrogen and oxygen atoms in total. The Kier molecular flexibility index (Phi) is 1.58. The summed E-state index contributed by atoms with van der Waals surface area (Å²) in [6.45, 7) is 3.92. The van der Waals surface area contributed by atoms with E-state index in [1.54, 1.807) is 11.0 Å². The molecule has 66 valence electrons. The number of amides is 1. The highest BCUT2D eigenvalue weighted by Crippen LogP contribution is 2.30. The number of aliphatic hydroxyl groups excluding tert-OH is 1. The molecule has 3 atom stereocenters. The number of hydrogen-bond donors (Lipinski definition) is 1. The van der Waals surface area contributed by atoms with Gasteiger partial charge >= 0.3 is 6.09 Å². The smallest absolute Gasteiger partial charge is 0.410 e. The average molecular weight is 169 g/mol. The molecule has 2 fully saturated rings.